The highest BCUT2D eigenvalue weighted by atomic mass is 32.2. The number of nitrogens with one attached hydrogen (secondary N) is 1. The SMILES string of the molecule is CC(=O)NCCCS(=O)(=O)OCC(C)(C)[C@@H](O)C(=O)OCOC(=O)Oc1ccccc1C1CCCCC1. The van der Waals surface area contributed by atoms with Crippen LogP contribution in [0, 0.1) is 5.41 Å². The second kappa shape index (κ2) is 14.3. The summed E-state index contributed by atoms with van der Waals surface area (Å²) in [5.74, 6) is -1.04. The van der Waals surface area contributed by atoms with E-state index >= 15 is 0 Å². The van der Waals surface area contributed by atoms with E-state index < -0.39 is 47.2 Å². The van der Waals surface area contributed by atoms with Crippen molar-refractivity contribution in [3.05, 3.63) is 29.8 Å². The average molecular weight is 544 g/mol. The third-order valence-electron chi connectivity index (χ3n) is 6.05. The third-order valence-corrected chi connectivity index (χ3v) is 7.32. The molecule has 37 heavy (non-hydrogen) atoms. The zero-order valence-electron chi connectivity index (χ0n) is 21.6. The van der Waals surface area contributed by atoms with Gasteiger partial charge < -0.3 is 24.6 Å². The van der Waals surface area contributed by atoms with Crippen molar-refractivity contribution in [2.45, 2.75) is 71.3 Å². The quantitative estimate of drug-likeness (QED) is 0.125. The van der Waals surface area contributed by atoms with Crippen molar-refractivity contribution in [2.75, 3.05) is 25.7 Å². The second-order valence-corrected chi connectivity index (χ2v) is 11.5. The van der Waals surface area contributed by atoms with Crippen LogP contribution in [-0.2, 0) is 33.4 Å². The Kier molecular flexibility index (Phi) is 11.8. The first kappa shape index (κ1) is 30.5. The Morgan fingerprint density at radius 1 is 1.11 bits per heavy atom. The van der Waals surface area contributed by atoms with E-state index in [1.54, 1.807) is 12.1 Å². The molecule has 208 valence electrons. The molecule has 0 heterocycles. The van der Waals surface area contributed by atoms with Crippen LogP contribution in [0.1, 0.15) is 70.8 Å². The van der Waals surface area contributed by atoms with E-state index in [2.05, 4.69) is 5.32 Å². The largest absolute Gasteiger partial charge is 0.516 e. The fourth-order valence-corrected chi connectivity index (χ4v) is 4.97. The summed E-state index contributed by atoms with van der Waals surface area (Å²) in [6, 6.07) is 7.23. The van der Waals surface area contributed by atoms with E-state index in [0.29, 0.717) is 11.7 Å². The predicted octanol–water partition coefficient (Wildman–Crippen LogP) is 3.01. The number of carbonyl (C=O) groups excluding carboxylic acids is 3. The Morgan fingerprint density at radius 3 is 2.46 bits per heavy atom. The number of hydrogen-bond acceptors (Lipinski definition) is 10. The summed E-state index contributed by atoms with van der Waals surface area (Å²) in [5, 5.41) is 12.8. The molecule has 1 aromatic carbocycles. The third kappa shape index (κ3) is 10.7. The Balaban J connectivity index is 1.78. The first-order valence-corrected chi connectivity index (χ1v) is 13.9. The van der Waals surface area contributed by atoms with Gasteiger partial charge >= 0.3 is 12.1 Å². The van der Waals surface area contributed by atoms with Crippen LogP contribution in [0.2, 0.25) is 0 Å². The number of ether oxygens (including phenoxy) is 3. The topological polar surface area (TPSA) is 155 Å². The molecule has 11 nitrogen and oxygen atoms in total. The number of amides is 1. The van der Waals surface area contributed by atoms with Crippen molar-refractivity contribution in [3.8, 4) is 5.75 Å². The molecule has 1 saturated carbocycles. The molecule has 1 aromatic rings. The smallest absolute Gasteiger partial charge is 0.426 e. The second-order valence-electron chi connectivity index (χ2n) is 9.70. The van der Waals surface area contributed by atoms with E-state index in [1.807, 2.05) is 12.1 Å². The minimum atomic E-state index is -3.94. The first-order valence-electron chi connectivity index (χ1n) is 12.3. The maximum atomic E-state index is 12.2. The van der Waals surface area contributed by atoms with Gasteiger partial charge in [-0.3, -0.25) is 8.98 Å². The lowest BCUT2D eigenvalue weighted by Gasteiger charge is -2.28. The van der Waals surface area contributed by atoms with Gasteiger partial charge in [0.05, 0.1) is 12.4 Å². The summed E-state index contributed by atoms with van der Waals surface area (Å²) in [6.07, 6.45) is 2.79. The summed E-state index contributed by atoms with van der Waals surface area (Å²) in [4.78, 5) is 35.2. The molecule has 0 bridgehead atoms. The molecule has 0 unspecified atom stereocenters. The van der Waals surface area contributed by atoms with Gasteiger partial charge in [0.1, 0.15) is 5.75 Å². The number of carbonyl (C=O) groups is 3. The standard InChI is InChI=1S/C25H37NO10S/c1-18(27)26-14-9-15-37(31,32)35-16-25(2,3)22(28)23(29)33-17-34-24(30)36-21-13-8-7-12-20(21)19-10-5-4-6-11-19/h7-8,12-13,19,22,28H,4-6,9-11,14-17H2,1-3H3,(H,26,27)/t22-/m0/s1. The van der Waals surface area contributed by atoms with E-state index in [0.717, 1.165) is 31.2 Å². The van der Waals surface area contributed by atoms with Crippen LogP contribution in [0.3, 0.4) is 0 Å². The summed E-state index contributed by atoms with van der Waals surface area (Å²) >= 11 is 0. The molecule has 0 aliphatic heterocycles. The normalized spacial score (nSPS) is 15.5. The Bertz CT molecular complexity index is 1020. The highest BCUT2D eigenvalue weighted by Gasteiger charge is 2.37. The van der Waals surface area contributed by atoms with Gasteiger partial charge in [-0.05, 0) is 36.8 Å². The van der Waals surface area contributed by atoms with Crippen LogP contribution in [0.5, 0.6) is 5.75 Å². The number of hydrogen-bond donors (Lipinski definition) is 2. The lowest BCUT2D eigenvalue weighted by Crippen LogP contribution is -2.42. The molecule has 0 aromatic heterocycles. The van der Waals surface area contributed by atoms with Crippen molar-refractivity contribution >= 4 is 28.1 Å². The molecule has 1 aliphatic carbocycles. The molecule has 1 aliphatic rings. The molecule has 2 N–H and O–H groups in total. The molecular formula is C25H37NO10S. The predicted molar refractivity (Wildman–Crippen MR) is 133 cm³/mol. The molecule has 1 atom stereocenters. The summed E-state index contributed by atoms with van der Waals surface area (Å²) in [6.45, 7) is 3.04. The Hall–Kier alpha value is -2.70. The van der Waals surface area contributed by atoms with E-state index in [1.165, 1.54) is 27.2 Å². The molecule has 2 rings (SSSR count). The summed E-state index contributed by atoms with van der Waals surface area (Å²) in [5.41, 5.74) is -0.403. The zero-order chi connectivity index (χ0) is 27.5. The van der Waals surface area contributed by atoms with Crippen LogP contribution in [-0.4, -0.2) is 63.4 Å². The van der Waals surface area contributed by atoms with Gasteiger partial charge in [0.25, 0.3) is 10.1 Å². The highest BCUT2D eigenvalue weighted by Crippen LogP contribution is 2.37. The van der Waals surface area contributed by atoms with Crippen molar-refractivity contribution in [1.29, 1.82) is 0 Å². The number of aliphatic hydroxyl groups excluding tert-OH is 1. The van der Waals surface area contributed by atoms with Crippen LogP contribution in [0.4, 0.5) is 4.79 Å². The highest BCUT2D eigenvalue weighted by molar-refractivity contribution is 7.86. The molecule has 0 spiro atoms. The number of para-hydroxylation sites is 1. The molecule has 1 amide bonds. The fourth-order valence-electron chi connectivity index (χ4n) is 3.87. The maximum absolute atomic E-state index is 12.2. The average Bonchev–Trinajstić information content (AvgIpc) is 2.86. The zero-order valence-corrected chi connectivity index (χ0v) is 22.4. The van der Waals surface area contributed by atoms with Crippen LogP contribution < -0.4 is 10.1 Å². The van der Waals surface area contributed by atoms with E-state index in [-0.39, 0.29) is 24.6 Å². The van der Waals surface area contributed by atoms with Gasteiger partial charge in [-0.2, -0.15) is 8.42 Å². The lowest BCUT2D eigenvalue weighted by atomic mass is 9.84. The van der Waals surface area contributed by atoms with Crippen LogP contribution in [0.15, 0.2) is 24.3 Å². The number of rotatable bonds is 13. The molecular weight excluding hydrogens is 506 g/mol. The number of esters is 1. The summed E-state index contributed by atoms with van der Waals surface area (Å²) in [7, 11) is -3.94. The van der Waals surface area contributed by atoms with Crippen molar-refractivity contribution in [1.82, 2.24) is 5.32 Å². The Morgan fingerprint density at radius 2 is 1.78 bits per heavy atom. The monoisotopic (exact) mass is 543 g/mol. The van der Waals surface area contributed by atoms with Gasteiger partial charge in [-0.25, -0.2) is 9.59 Å². The molecule has 12 heteroatoms. The van der Waals surface area contributed by atoms with Crippen LogP contribution >= 0.6 is 0 Å². The molecule has 0 saturated heterocycles. The van der Waals surface area contributed by atoms with Gasteiger partial charge in [0.2, 0.25) is 12.7 Å². The minimum absolute atomic E-state index is 0.144. The lowest BCUT2D eigenvalue weighted by molar-refractivity contribution is -0.170. The number of benzene rings is 1. The van der Waals surface area contributed by atoms with Crippen LogP contribution in [0.25, 0.3) is 0 Å². The first-order chi connectivity index (χ1) is 17.4. The fraction of sp³-hybridized carbons (Fsp3) is 0.640. The van der Waals surface area contributed by atoms with E-state index in [4.69, 9.17) is 18.4 Å². The van der Waals surface area contributed by atoms with Gasteiger partial charge in [0.15, 0.2) is 6.10 Å². The van der Waals surface area contributed by atoms with Gasteiger partial charge in [-0.1, -0.05) is 51.3 Å². The number of aliphatic hydroxyl groups is 1. The van der Waals surface area contributed by atoms with Gasteiger partial charge in [0, 0.05) is 18.9 Å². The van der Waals surface area contributed by atoms with Crippen molar-refractivity contribution in [3.63, 3.8) is 0 Å². The maximum Gasteiger partial charge on any atom is 0.516 e. The summed E-state index contributed by atoms with van der Waals surface area (Å²) < 4.78 is 44.0. The minimum Gasteiger partial charge on any atom is -0.426 e. The van der Waals surface area contributed by atoms with E-state index in [9.17, 15) is 27.9 Å². The molecule has 0 radical (unpaired) electrons. The molecule has 1 fully saturated rings. The van der Waals surface area contributed by atoms with Crippen molar-refractivity contribution in [2.24, 2.45) is 5.41 Å². The van der Waals surface area contributed by atoms with Gasteiger partial charge in [-0.15, -0.1) is 0 Å². The van der Waals surface area contributed by atoms with Crippen molar-refractivity contribution < 1.29 is 46.3 Å². The Labute approximate surface area is 217 Å².